The number of carbonyl (C=O) groups is 1. The van der Waals surface area contributed by atoms with Crippen LogP contribution in [-0.2, 0) is 11.0 Å². The number of allylic oxidation sites excluding steroid dienone is 2. The molecule has 108 valence electrons. The summed E-state index contributed by atoms with van der Waals surface area (Å²) >= 11 is 0. The summed E-state index contributed by atoms with van der Waals surface area (Å²) in [5.74, 6) is 0.754. The van der Waals surface area contributed by atoms with Crippen molar-refractivity contribution < 1.29 is 18.0 Å². The highest BCUT2D eigenvalue weighted by molar-refractivity contribution is 5.64. The predicted octanol–water partition coefficient (Wildman–Crippen LogP) is 4.73. The number of hydrogen-bond acceptors (Lipinski definition) is 1. The summed E-state index contributed by atoms with van der Waals surface area (Å²) in [4.78, 5) is 10.3. The molecular formula is C16H17F3O. The minimum atomic E-state index is -4.27. The van der Waals surface area contributed by atoms with Gasteiger partial charge in [-0.3, -0.25) is 4.79 Å². The van der Waals surface area contributed by atoms with Gasteiger partial charge in [-0.1, -0.05) is 18.2 Å². The summed E-state index contributed by atoms with van der Waals surface area (Å²) in [6, 6.07) is 5.51. The van der Waals surface area contributed by atoms with E-state index in [1.807, 2.05) is 6.08 Å². The minimum absolute atomic E-state index is 0.332. The smallest absolute Gasteiger partial charge is 0.299 e. The second-order valence-electron chi connectivity index (χ2n) is 5.25. The van der Waals surface area contributed by atoms with Crippen LogP contribution in [0.1, 0.15) is 42.7 Å². The van der Waals surface area contributed by atoms with Crippen LogP contribution in [-0.4, -0.2) is 6.29 Å². The Hall–Kier alpha value is -1.58. The first-order valence-electron chi connectivity index (χ1n) is 6.80. The third-order valence-corrected chi connectivity index (χ3v) is 3.94. The molecule has 0 amide bonds. The Morgan fingerprint density at radius 2 is 1.60 bits per heavy atom. The van der Waals surface area contributed by atoms with Crippen molar-refractivity contribution in [2.75, 3.05) is 0 Å². The average Bonchev–Trinajstić information content (AvgIpc) is 2.45. The minimum Gasteiger partial charge on any atom is -0.299 e. The van der Waals surface area contributed by atoms with E-state index >= 15 is 0 Å². The van der Waals surface area contributed by atoms with Crippen molar-refractivity contribution in [3.63, 3.8) is 0 Å². The molecule has 1 saturated carbocycles. The van der Waals surface area contributed by atoms with Crippen LogP contribution in [0.3, 0.4) is 0 Å². The molecule has 1 aliphatic rings. The van der Waals surface area contributed by atoms with Gasteiger partial charge in [0, 0.05) is 0 Å². The van der Waals surface area contributed by atoms with E-state index in [2.05, 4.69) is 0 Å². The summed E-state index contributed by atoms with van der Waals surface area (Å²) < 4.78 is 37.5. The lowest BCUT2D eigenvalue weighted by molar-refractivity contribution is -0.137. The van der Waals surface area contributed by atoms with Crippen molar-refractivity contribution in [3.05, 3.63) is 47.5 Å². The van der Waals surface area contributed by atoms with Gasteiger partial charge in [-0.15, -0.1) is 0 Å². The molecule has 4 heteroatoms. The van der Waals surface area contributed by atoms with Gasteiger partial charge in [0.1, 0.15) is 6.29 Å². The van der Waals surface area contributed by atoms with Crippen molar-refractivity contribution in [2.45, 2.75) is 37.8 Å². The molecule has 0 saturated heterocycles. The summed E-state index contributed by atoms with van der Waals surface area (Å²) in [5.41, 5.74) is 0.389. The molecule has 0 bridgehead atoms. The molecule has 0 aromatic heterocycles. The highest BCUT2D eigenvalue weighted by Gasteiger charge is 2.30. The van der Waals surface area contributed by atoms with Gasteiger partial charge in [-0.25, -0.2) is 0 Å². The Morgan fingerprint density at radius 3 is 2.10 bits per heavy atom. The first kappa shape index (κ1) is 14.8. The number of alkyl halides is 3. The second-order valence-corrected chi connectivity index (χ2v) is 5.25. The fraction of sp³-hybridized carbons (Fsp3) is 0.438. The number of hydrogen-bond donors (Lipinski definition) is 0. The lowest BCUT2D eigenvalue weighted by Crippen LogP contribution is -2.12. The van der Waals surface area contributed by atoms with E-state index in [9.17, 15) is 18.0 Å². The van der Waals surface area contributed by atoms with Crippen molar-refractivity contribution in [1.82, 2.24) is 0 Å². The van der Waals surface area contributed by atoms with Crippen LogP contribution in [0, 0.1) is 5.92 Å². The van der Waals surface area contributed by atoms with E-state index in [1.54, 1.807) is 12.1 Å². The Labute approximate surface area is 116 Å². The number of halogens is 3. The third-order valence-electron chi connectivity index (χ3n) is 3.94. The van der Waals surface area contributed by atoms with Crippen LogP contribution in [0.5, 0.6) is 0 Å². The van der Waals surface area contributed by atoms with Crippen LogP contribution in [0.2, 0.25) is 0 Å². The van der Waals surface area contributed by atoms with Crippen molar-refractivity contribution in [2.24, 2.45) is 5.92 Å². The molecule has 0 spiro atoms. The van der Waals surface area contributed by atoms with Gasteiger partial charge in [0.25, 0.3) is 0 Å². The zero-order chi connectivity index (χ0) is 14.6. The highest BCUT2D eigenvalue weighted by atomic mass is 19.4. The van der Waals surface area contributed by atoms with E-state index in [1.165, 1.54) is 6.08 Å². The first-order valence-corrected chi connectivity index (χ1v) is 6.80. The summed E-state index contributed by atoms with van der Waals surface area (Å²) in [6.07, 6.45) is 3.85. The normalized spacial score (nSPS) is 23.9. The van der Waals surface area contributed by atoms with Crippen LogP contribution in [0.25, 0.3) is 0 Å². The van der Waals surface area contributed by atoms with E-state index in [4.69, 9.17) is 0 Å². The van der Waals surface area contributed by atoms with E-state index in [-0.39, 0.29) is 0 Å². The summed E-state index contributed by atoms with van der Waals surface area (Å²) in [6.45, 7) is 0. The van der Waals surface area contributed by atoms with Gasteiger partial charge in [0.05, 0.1) is 5.56 Å². The third kappa shape index (κ3) is 3.71. The molecule has 0 atom stereocenters. The molecule has 0 aliphatic heterocycles. The summed E-state index contributed by atoms with van der Waals surface area (Å²) in [5, 5.41) is 0. The van der Waals surface area contributed by atoms with Crippen LogP contribution in [0.15, 0.2) is 36.4 Å². The maximum absolute atomic E-state index is 12.5. The molecule has 2 rings (SSSR count). The average molecular weight is 282 g/mol. The molecule has 1 aromatic carbocycles. The molecule has 20 heavy (non-hydrogen) atoms. The van der Waals surface area contributed by atoms with Gasteiger partial charge in [-0.2, -0.15) is 13.2 Å². The van der Waals surface area contributed by atoms with Gasteiger partial charge in [0.15, 0.2) is 0 Å². The molecule has 0 unspecified atom stereocenters. The van der Waals surface area contributed by atoms with Gasteiger partial charge in [-0.05, 0) is 61.3 Å². The fourth-order valence-electron chi connectivity index (χ4n) is 2.79. The predicted molar refractivity (Wildman–Crippen MR) is 71.3 cm³/mol. The fourth-order valence-corrected chi connectivity index (χ4v) is 2.79. The van der Waals surface area contributed by atoms with Crippen molar-refractivity contribution in [1.29, 1.82) is 0 Å². The number of benzene rings is 1. The Bertz CT molecular complexity index is 465. The van der Waals surface area contributed by atoms with Gasteiger partial charge >= 0.3 is 6.18 Å². The quantitative estimate of drug-likeness (QED) is 0.578. The van der Waals surface area contributed by atoms with E-state index < -0.39 is 11.7 Å². The molecule has 0 radical (unpaired) electrons. The maximum Gasteiger partial charge on any atom is 0.416 e. The van der Waals surface area contributed by atoms with E-state index in [0.717, 1.165) is 49.7 Å². The molecule has 1 aliphatic carbocycles. The molecular weight excluding hydrogens is 265 g/mol. The van der Waals surface area contributed by atoms with Gasteiger partial charge < -0.3 is 0 Å². The molecule has 1 nitrogen and oxygen atoms in total. The topological polar surface area (TPSA) is 17.1 Å². The van der Waals surface area contributed by atoms with Crippen molar-refractivity contribution in [3.8, 4) is 0 Å². The second kappa shape index (κ2) is 6.25. The summed E-state index contributed by atoms with van der Waals surface area (Å²) in [7, 11) is 0. The van der Waals surface area contributed by atoms with Crippen molar-refractivity contribution >= 4 is 6.29 Å². The lowest BCUT2D eigenvalue weighted by atomic mass is 9.78. The molecule has 1 aromatic rings. The zero-order valence-corrected chi connectivity index (χ0v) is 11.1. The zero-order valence-electron chi connectivity index (χ0n) is 11.1. The standard InChI is InChI=1S/C16H17F3O/c17-16(18,19)15-9-7-14(8-10-15)13-5-3-12(4-6-13)2-1-11-20/h1-2,7-13H,3-6H2. The molecule has 1 fully saturated rings. The van der Waals surface area contributed by atoms with Crippen LogP contribution < -0.4 is 0 Å². The van der Waals surface area contributed by atoms with Gasteiger partial charge in [0.2, 0.25) is 0 Å². The number of aldehydes is 1. The lowest BCUT2D eigenvalue weighted by Gasteiger charge is -2.27. The monoisotopic (exact) mass is 282 g/mol. The molecule has 0 heterocycles. The van der Waals surface area contributed by atoms with Crippen LogP contribution >= 0.6 is 0 Å². The largest absolute Gasteiger partial charge is 0.416 e. The Kier molecular flexibility index (Phi) is 4.63. The van der Waals surface area contributed by atoms with Crippen LogP contribution in [0.4, 0.5) is 13.2 Å². The Balaban J connectivity index is 1.97. The van der Waals surface area contributed by atoms with E-state index in [0.29, 0.717) is 11.8 Å². The number of rotatable bonds is 3. The highest BCUT2D eigenvalue weighted by Crippen LogP contribution is 2.37. The number of carbonyl (C=O) groups excluding carboxylic acids is 1. The molecule has 0 N–H and O–H groups in total. The SMILES string of the molecule is O=CC=CC1CCC(c2ccc(C(F)(F)F)cc2)CC1. The maximum atomic E-state index is 12.5. The Morgan fingerprint density at radius 1 is 1.00 bits per heavy atom. The first-order chi connectivity index (χ1) is 9.50.